The van der Waals surface area contributed by atoms with Gasteiger partial charge in [-0.3, -0.25) is 9.59 Å². The lowest BCUT2D eigenvalue weighted by atomic mass is 9.96. The molecule has 4 rings (SSSR count). The molecule has 0 radical (unpaired) electrons. The van der Waals surface area contributed by atoms with E-state index in [-0.39, 0.29) is 17.7 Å². The molecule has 0 aliphatic carbocycles. The summed E-state index contributed by atoms with van der Waals surface area (Å²) in [5.74, 6) is -0.0748. The smallest absolute Gasteiger partial charge is 0.253 e. The van der Waals surface area contributed by atoms with Gasteiger partial charge in [0.1, 0.15) is 0 Å². The summed E-state index contributed by atoms with van der Waals surface area (Å²) in [6.45, 7) is 5.83. The number of aryl methyl sites for hydroxylation is 2. The summed E-state index contributed by atoms with van der Waals surface area (Å²) in [6.07, 6.45) is 2.49. The van der Waals surface area contributed by atoms with E-state index in [9.17, 15) is 9.59 Å². The van der Waals surface area contributed by atoms with E-state index in [0.29, 0.717) is 25.2 Å². The molecule has 7 heteroatoms. The maximum absolute atomic E-state index is 12.8. The molecule has 3 heterocycles. The fraction of sp³-hybridized carbons (Fsp3) is 0.375. The SMILES string of the molecule is Cc1ccc(C(=O)N2CCCC(C(=O)NCCc3ccc(-c4csc(C)n4)s3)C2)cc1. The number of nitrogens with zero attached hydrogens (tertiary/aromatic N) is 2. The van der Waals surface area contributed by atoms with Gasteiger partial charge in [0, 0.05) is 35.5 Å². The normalized spacial score (nSPS) is 16.3. The van der Waals surface area contributed by atoms with E-state index in [1.54, 1.807) is 22.7 Å². The third-order valence-corrected chi connectivity index (χ3v) is 7.52. The third-order valence-electron chi connectivity index (χ3n) is 5.58. The largest absolute Gasteiger partial charge is 0.355 e. The number of aromatic nitrogens is 1. The molecule has 1 aliphatic heterocycles. The molecule has 1 unspecified atom stereocenters. The fourth-order valence-electron chi connectivity index (χ4n) is 3.83. The van der Waals surface area contributed by atoms with Crippen LogP contribution in [0.15, 0.2) is 41.8 Å². The van der Waals surface area contributed by atoms with Crippen LogP contribution >= 0.6 is 22.7 Å². The van der Waals surface area contributed by atoms with E-state index < -0.39 is 0 Å². The summed E-state index contributed by atoms with van der Waals surface area (Å²) >= 11 is 3.39. The van der Waals surface area contributed by atoms with Gasteiger partial charge in [0.05, 0.1) is 21.5 Å². The van der Waals surface area contributed by atoms with Crippen LogP contribution in [0.3, 0.4) is 0 Å². The quantitative estimate of drug-likeness (QED) is 0.588. The van der Waals surface area contributed by atoms with Crippen LogP contribution in [0.25, 0.3) is 10.6 Å². The number of rotatable bonds is 6. The van der Waals surface area contributed by atoms with Gasteiger partial charge in [-0.25, -0.2) is 4.98 Å². The minimum atomic E-state index is -0.139. The Morgan fingerprint density at radius 1 is 1.16 bits per heavy atom. The highest BCUT2D eigenvalue weighted by molar-refractivity contribution is 7.16. The van der Waals surface area contributed by atoms with Crippen molar-refractivity contribution in [3.63, 3.8) is 0 Å². The summed E-state index contributed by atoms with van der Waals surface area (Å²) in [5.41, 5.74) is 2.85. The lowest BCUT2D eigenvalue weighted by Crippen LogP contribution is -2.45. The highest BCUT2D eigenvalue weighted by atomic mass is 32.1. The molecule has 1 aromatic carbocycles. The molecule has 162 valence electrons. The number of hydrogen-bond donors (Lipinski definition) is 1. The zero-order valence-corrected chi connectivity index (χ0v) is 19.5. The second-order valence-corrected chi connectivity index (χ2v) is 10.2. The second kappa shape index (κ2) is 9.75. The number of likely N-dealkylation sites (tertiary alicyclic amines) is 1. The van der Waals surface area contributed by atoms with Gasteiger partial charge in [-0.15, -0.1) is 22.7 Å². The van der Waals surface area contributed by atoms with Crippen molar-refractivity contribution in [2.45, 2.75) is 33.1 Å². The Morgan fingerprint density at radius 2 is 1.97 bits per heavy atom. The molecule has 1 atom stereocenters. The molecule has 1 aliphatic rings. The predicted molar refractivity (Wildman–Crippen MR) is 127 cm³/mol. The van der Waals surface area contributed by atoms with Crippen molar-refractivity contribution in [2.75, 3.05) is 19.6 Å². The van der Waals surface area contributed by atoms with E-state index in [1.165, 1.54) is 9.75 Å². The summed E-state index contributed by atoms with van der Waals surface area (Å²) in [6, 6.07) is 11.8. The molecular formula is C24H27N3O2S2. The molecule has 5 nitrogen and oxygen atoms in total. The lowest BCUT2D eigenvalue weighted by Gasteiger charge is -2.32. The van der Waals surface area contributed by atoms with Crippen molar-refractivity contribution in [2.24, 2.45) is 5.92 Å². The van der Waals surface area contributed by atoms with Gasteiger partial charge in [-0.2, -0.15) is 0 Å². The Labute approximate surface area is 191 Å². The van der Waals surface area contributed by atoms with E-state index in [4.69, 9.17) is 0 Å². The third kappa shape index (κ3) is 5.40. The van der Waals surface area contributed by atoms with Gasteiger partial charge in [0.2, 0.25) is 5.91 Å². The number of piperidine rings is 1. The van der Waals surface area contributed by atoms with Crippen molar-refractivity contribution in [3.05, 3.63) is 62.8 Å². The predicted octanol–water partition coefficient (Wildman–Crippen LogP) is 4.70. The van der Waals surface area contributed by atoms with E-state index in [0.717, 1.165) is 35.5 Å². The Bertz CT molecular complexity index is 1050. The first-order chi connectivity index (χ1) is 15.0. The van der Waals surface area contributed by atoms with E-state index in [1.807, 2.05) is 43.0 Å². The Hall–Kier alpha value is -2.51. The number of nitrogens with one attached hydrogen (secondary N) is 1. The van der Waals surface area contributed by atoms with Gasteiger partial charge in [-0.05, 0) is 57.4 Å². The number of thiazole rings is 1. The molecule has 1 fully saturated rings. The summed E-state index contributed by atoms with van der Waals surface area (Å²) in [5, 5.41) is 6.23. The molecule has 2 aromatic heterocycles. The molecule has 1 N–H and O–H groups in total. The van der Waals surface area contributed by atoms with Crippen LogP contribution in [0, 0.1) is 19.8 Å². The maximum atomic E-state index is 12.8. The van der Waals surface area contributed by atoms with Gasteiger partial charge < -0.3 is 10.2 Å². The molecule has 0 bridgehead atoms. The molecular weight excluding hydrogens is 426 g/mol. The first-order valence-electron chi connectivity index (χ1n) is 10.6. The minimum Gasteiger partial charge on any atom is -0.355 e. The summed E-state index contributed by atoms with van der Waals surface area (Å²) < 4.78 is 0. The van der Waals surface area contributed by atoms with Crippen LogP contribution in [0.1, 0.15) is 38.6 Å². The molecule has 2 amide bonds. The molecule has 1 saturated heterocycles. The zero-order chi connectivity index (χ0) is 21.8. The second-order valence-electron chi connectivity index (χ2n) is 8.02. The van der Waals surface area contributed by atoms with Crippen LogP contribution < -0.4 is 5.32 Å². The molecule has 0 spiro atoms. The highest BCUT2D eigenvalue weighted by Gasteiger charge is 2.28. The highest BCUT2D eigenvalue weighted by Crippen LogP contribution is 2.29. The van der Waals surface area contributed by atoms with E-state index in [2.05, 4.69) is 27.8 Å². The summed E-state index contributed by atoms with van der Waals surface area (Å²) in [7, 11) is 0. The van der Waals surface area contributed by atoms with Crippen LogP contribution in [-0.2, 0) is 11.2 Å². The van der Waals surface area contributed by atoms with Gasteiger partial charge in [0.15, 0.2) is 0 Å². The minimum absolute atomic E-state index is 0.0147. The number of amides is 2. The fourth-order valence-corrected chi connectivity index (χ4v) is 5.49. The first kappa shape index (κ1) is 21.7. The van der Waals surface area contributed by atoms with Crippen LogP contribution in [-0.4, -0.2) is 41.3 Å². The van der Waals surface area contributed by atoms with Crippen molar-refractivity contribution in [1.29, 1.82) is 0 Å². The number of thiophene rings is 1. The number of carbonyl (C=O) groups excluding carboxylic acids is 2. The number of carbonyl (C=O) groups is 2. The van der Waals surface area contributed by atoms with Crippen molar-refractivity contribution in [3.8, 4) is 10.6 Å². The Kier molecular flexibility index (Phi) is 6.83. The van der Waals surface area contributed by atoms with Crippen molar-refractivity contribution >= 4 is 34.5 Å². The average molecular weight is 454 g/mol. The van der Waals surface area contributed by atoms with Crippen molar-refractivity contribution < 1.29 is 9.59 Å². The Morgan fingerprint density at radius 3 is 2.71 bits per heavy atom. The molecule has 3 aromatic rings. The van der Waals surface area contributed by atoms with Gasteiger partial charge in [0.25, 0.3) is 5.91 Å². The van der Waals surface area contributed by atoms with Gasteiger partial charge in [-0.1, -0.05) is 17.7 Å². The monoisotopic (exact) mass is 453 g/mol. The number of benzene rings is 1. The van der Waals surface area contributed by atoms with Crippen LogP contribution in [0.5, 0.6) is 0 Å². The first-order valence-corrected chi connectivity index (χ1v) is 12.3. The zero-order valence-electron chi connectivity index (χ0n) is 17.9. The van der Waals surface area contributed by atoms with Crippen LogP contribution in [0.2, 0.25) is 0 Å². The summed E-state index contributed by atoms with van der Waals surface area (Å²) in [4.78, 5) is 34.3. The van der Waals surface area contributed by atoms with Crippen LogP contribution in [0.4, 0.5) is 0 Å². The standard InChI is InChI=1S/C24H27N3O2S2/c1-16-5-7-18(8-6-16)24(29)27-13-3-4-19(14-27)23(28)25-12-11-20-9-10-22(31-20)21-15-30-17(2)26-21/h5-10,15,19H,3-4,11-14H2,1-2H3,(H,25,28). The van der Waals surface area contributed by atoms with Gasteiger partial charge >= 0.3 is 0 Å². The average Bonchev–Trinajstić information content (AvgIpc) is 3.43. The molecule has 31 heavy (non-hydrogen) atoms. The molecule has 0 saturated carbocycles. The maximum Gasteiger partial charge on any atom is 0.253 e. The lowest BCUT2D eigenvalue weighted by molar-refractivity contribution is -0.126. The van der Waals surface area contributed by atoms with E-state index >= 15 is 0 Å². The Balaban J connectivity index is 1.27. The topological polar surface area (TPSA) is 62.3 Å². The van der Waals surface area contributed by atoms with Crippen molar-refractivity contribution in [1.82, 2.24) is 15.2 Å². The number of hydrogen-bond acceptors (Lipinski definition) is 5.